The molecule has 7 nitrogen and oxygen atoms in total. The SMILES string of the molecule is COc1ccc(CNc2c(C(=O)NCC(C)(C)CN)cnc3ccc(C#N)cc23)cc1Cl. The number of carbonyl (C=O) groups is 1. The van der Waals surface area contributed by atoms with Gasteiger partial charge in [0.15, 0.2) is 0 Å². The first-order valence-corrected chi connectivity index (χ1v) is 10.5. The molecule has 0 atom stereocenters. The van der Waals surface area contributed by atoms with Crippen molar-refractivity contribution in [1.82, 2.24) is 10.3 Å². The number of pyridine rings is 1. The summed E-state index contributed by atoms with van der Waals surface area (Å²) in [6, 6.07) is 12.8. The molecule has 2 aromatic carbocycles. The summed E-state index contributed by atoms with van der Waals surface area (Å²) >= 11 is 6.25. The summed E-state index contributed by atoms with van der Waals surface area (Å²) < 4.78 is 5.21. The van der Waals surface area contributed by atoms with Gasteiger partial charge in [-0.2, -0.15) is 5.26 Å². The molecule has 32 heavy (non-hydrogen) atoms. The second-order valence-corrected chi connectivity index (χ2v) is 8.67. The second-order valence-electron chi connectivity index (χ2n) is 8.26. The van der Waals surface area contributed by atoms with Gasteiger partial charge < -0.3 is 21.1 Å². The molecule has 166 valence electrons. The Balaban J connectivity index is 1.98. The maximum Gasteiger partial charge on any atom is 0.254 e. The quantitative estimate of drug-likeness (QED) is 0.475. The molecule has 0 fully saturated rings. The highest BCUT2D eigenvalue weighted by Gasteiger charge is 2.20. The standard InChI is InChI=1S/C24H26ClN5O2/c1-24(2,13-27)14-30-23(31)18-12-28-20-6-4-15(10-26)8-17(20)22(18)29-11-16-5-7-21(32-3)19(25)9-16/h4-9,12H,11,13-14,27H2,1-3H3,(H,28,29)(H,30,31). The Kier molecular flexibility index (Phi) is 7.18. The molecule has 0 aliphatic carbocycles. The molecular formula is C24H26ClN5O2. The van der Waals surface area contributed by atoms with Crippen molar-refractivity contribution in [3.63, 3.8) is 0 Å². The summed E-state index contributed by atoms with van der Waals surface area (Å²) in [7, 11) is 1.56. The van der Waals surface area contributed by atoms with E-state index in [0.717, 1.165) is 5.56 Å². The monoisotopic (exact) mass is 451 g/mol. The maximum absolute atomic E-state index is 13.0. The largest absolute Gasteiger partial charge is 0.495 e. The first-order valence-electron chi connectivity index (χ1n) is 10.2. The normalized spacial score (nSPS) is 11.1. The van der Waals surface area contributed by atoms with Crippen LogP contribution in [0.25, 0.3) is 10.9 Å². The first-order chi connectivity index (χ1) is 15.3. The third kappa shape index (κ3) is 5.28. The molecule has 0 radical (unpaired) electrons. The van der Waals surface area contributed by atoms with Crippen molar-refractivity contribution in [3.8, 4) is 11.8 Å². The minimum atomic E-state index is -0.265. The minimum absolute atomic E-state index is 0.235. The lowest BCUT2D eigenvalue weighted by Gasteiger charge is -2.23. The smallest absolute Gasteiger partial charge is 0.254 e. The first kappa shape index (κ1) is 23.3. The number of nitrogens with one attached hydrogen (secondary N) is 2. The fraction of sp³-hybridized carbons (Fsp3) is 0.292. The van der Waals surface area contributed by atoms with E-state index in [9.17, 15) is 10.1 Å². The summed E-state index contributed by atoms with van der Waals surface area (Å²) in [4.78, 5) is 17.5. The van der Waals surface area contributed by atoms with Gasteiger partial charge >= 0.3 is 0 Å². The molecular weight excluding hydrogens is 426 g/mol. The molecule has 1 aromatic heterocycles. The van der Waals surface area contributed by atoms with E-state index in [2.05, 4.69) is 21.7 Å². The lowest BCUT2D eigenvalue weighted by Crippen LogP contribution is -2.38. The Morgan fingerprint density at radius 1 is 1.28 bits per heavy atom. The zero-order valence-electron chi connectivity index (χ0n) is 18.3. The number of ether oxygens (including phenoxy) is 1. The van der Waals surface area contributed by atoms with Crippen LogP contribution in [0.15, 0.2) is 42.6 Å². The fourth-order valence-electron chi connectivity index (χ4n) is 3.12. The van der Waals surface area contributed by atoms with Crippen LogP contribution in [-0.4, -0.2) is 31.1 Å². The van der Waals surface area contributed by atoms with E-state index in [4.69, 9.17) is 22.1 Å². The molecule has 3 aromatic rings. The van der Waals surface area contributed by atoms with Crippen LogP contribution in [0.1, 0.15) is 35.3 Å². The van der Waals surface area contributed by atoms with Gasteiger partial charge in [0.1, 0.15) is 5.75 Å². The number of benzene rings is 2. The average molecular weight is 452 g/mol. The van der Waals surface area contributed by atoms with Crippen LogP contribution in [0.4, 0.5) is 5.69 Å². The van der Waals surface area contributed by atoms with Crippen molar-refractivity contribution in [2.75, 3.05) is 25.5 Å². The number of carbonyl (C=O) groups excluding carboxylic acids is 1. The van der Waals surface area contributed by atoms with E-state index in [1.54, 1.807) is 43.6 Å². The number of amides is 1. The highest BCUT2D eigenvalue weighted by molar-refractivity contribution is 6.32. The van der Waals surface area contributed by atoms with E-state index in [1.165, 1.54) is 0 Å². The van der Waals surface area contributed by atoms with Crippen molar-refractivity contribution in [3.05, 3.63) is 64.3 Å². The number of anilines is 1. The van der Waals surface area contributed by atoms with Gasteiger partial charge in [0.2, 0.25) is 0 Å². The van der Waals surface area contributed by atoms with Crippen molar-refractivity contribution >= 4 is 34.1 Å². The second kappa shape index (κ2) is 9.86. The van der Waals surface area contributed by atoms with Gasteiger partial charge in [0.05, 0.1) is 40.5 Å². The molecule has 0 spiro atoms. The Morgan fingerprint density at radius 3 is 2.72 bits per heavy atom. The number of nitriles is 1. The topological polar surface area (TPSA) is 113 Å². The third-order valence-electron chi connectivity index (χ3n) is 5.21. The summed E-state index contributed by atoms with van der Waals surface area (Å²) in [5.74, 6) is 0.324. The molecule has 4 N–H and O–H groups in total. The van der Waals surface area contributed by atoms with Crippen LogP contribution in [0, 0.1) is 16.7 Å². The van der Waals surface area contributed by atoms with E-state index in [1.807, 2.05) is 19.9 Å². The Labute approximate surface area is 192 Å². The van der Waals surface area contributed by atoms with Gasteiger partial charge in [-0.05, 0) is 47.9 Å². The number of nitrogens with zero attached hydrogens (tertiary/aromatic N) is 2. The van der Waals surface area contributed by atoms with Gasteiger partial charge in [0.25, 0.3) is 5.91 Å². The van der Waals surface area contributed by atoms with Crippen molar-refractivity contribution in [1.29, 1.82) is 5.26 Å². The van der Waals surface area contributed by atoms with Gasteiger partial charge in [-0.25, -0.2) is 0 Å². The minimum Gasteiger partial charge on any atom is -0.495 e. The van der Waals surface area contributed by atoms with E-state index in [-0.39, 0.29) is 11.3 Å². The lowest BCUT2D eigenvalue weighted by atomic mass is 9.94. The molecule has 0 bridgehead atoms. The van der Waals surface area contributed by atoms with Crippen molar-refractivity contribution in [2.45, 2.75) is 20.4 Å². The fourth-order valence-corrected chi connectivity index (χ4v) is 3.40. The number of rotatable bonds is 8. The predicted molar refractivity (Wildman–Crippen MR) is 127 cm³/mol. The highest BCUT2D eigenvalue weighted by atomic mass is 35.5. The van der Waals surface area contributed by atoms with Crippen LogP contribution in [0.2, 0.25) is 5.02 Å². The van der Waals surface area contributed by atoms with Crippen LogP contribution < -0.4 is 21.1 Å². The van der Waals surface area contributed by atoms with Gasteiger partial charge in [-0.3, -0.25) is 9.78 Å². The highest BCUT2D eigenvalue weighted by Crippen LogP contribution is 2.29. The van der Waals surface area contributed by atoms with Crippen LogP contribution in [0.5, 0.6) is 5.75 Å². The molecule has 0 unspecified atom stereocenters. The van der Waals surface area contributed by atoms with Crippen LogP contribution in [0.3, 0.4) is 0 Å². The molecule has 3 rings (SSSR count). The zero-order chi connectivity index (χ0) is 23.3. The summed E-state index contributed by atoms with van der Waals surface area (Å²) in [5.41, 5.74) is 8.61. The van der Waals surface area contributed by atoms with Crippen LogP contribution >= 0.6 is 11.6 Å². The van der Waals surface area contributed by atoms with Gasteiger partial charge in [0, 0.05) is 24.7 Å². The molecule has 0 saturated heterocycles. The Morgan fingerprint density at radius 2 is 2.06 bits per heavy atom. The molecule has 0 aliphatic heterocycles. The molecule has 1 amide bonds. The number of methoxy groups -OCH3 is 1. The summed E-state index contributed by atoms with van der Waals surface area (Å²) in [6.45, 7) is 5.24. The third-order valence-corrected chi connectivity index (χ3v) is 5.50. The number of halogens is 1. The summed E-state index contributed by atoms with van der Waals surface area (Å²) in [6.07, 6.45) is 1.54. The lowest BCUT2D eigenvalue weighted by molar-refractivity contribution is 0.0938. The number of nitrogens with two attached hydrogens (primary N) is 1. The Hall–Kier alpha value is -3.34. The van der Waals surface area contributed by atoms with Gasteiger partial charge in [-0.1, -0.05) is 31.5 Å². The molecule has 8 heteroatoms. The van der Waals surface area contributed by atoms with Crippen molar-refractivity contribution < 1.29 is 9.53 Å². The summed E-state index contributed by atoms with van der Waals surface area (Å²) in [5, 5.41) is 16.8. The number of hydrogen-bond donors (Lipinski definition) is 3. The average Bonchev–Trinajstić information content (AvgIpc) is 2.80. The molecule has 0 aliphatic rings. The molecule has 1 heterocycles. The Bertz CT molecular complexity index is 1190. The number of hydrogen-bond acceptors (Lipinski definition) is 6. The van der Waals surface area contributed by atoms with E-state index in [0.29, 0.717) is 58.1 Å². The number of fused-ring (bicyclic) bond motifs is 1. The molecule has 0 saturated carbocycles. The number of aromatic nitrogens is 1. The predicted octanol–water partition coefficient (Wildman–Crippen LogP) is 4.10. The maximum atomic E-state index is 13.0. The van der Waals surface area contributed by atoms with Crippen LogP contribution in [-0.2, 0) is 6.54 Å². The zero-order valence-corrected chi connectivity index (χ0v) is 19.1. The van der Waals surface area contributed by atoms with E-state index >= 15 is 0 Å². The van der Waals surface area contributed by atoms with Gasteiger partial charge in [-0.15, -0.1) is 0 Å². The van der Waals surface area contributed by atoms with Crippen molar-refractivity contribution in [2.24, 2.45) is 11.1 Å². The van der Waals surface area contributed by atoms with E-state index < -0.39 is 0 Å².